The van der Waals surface area contributed by atoms with Crippen molar-refractivity contribution in [2.45, 2.75) is 102 Å². The molecule has 3 rings (SSSR count). The highest BCUT2D eigenvalue weighted by molar-refractivity contribution is 5.87. The Balaban J connectivity index is 1.55. The summed E-state index contributed by atoms with van der Waals surface area (Å²) in [4.78, 5) is 23.9. The molecule has 208 valence electrons. The number of methoxy groups -OCH3 is 2. The van der Waals surface area contributed by atoms with Crippen molar-refractivity contribution in [1.29, 1.82) is 0 Å². The Hall–Kier alpha value is -2.04. The highest BCUT2D eigenvalue weighted by Crippen LogP contribution is 2.44. The molecule has 3 saturated heterocycles. The van der Waals surface area contributed by atoms with Gasteiger partial charge in [0.05, 0.1) is 50.6 Å². The molecule has 9 nitrogen and oxygen atoms in total. The first kappa shape index (κ1) is 29.5. The highest BCUT2D eigenvalue weighted by atomic mass is 16.6. The first-order valence-electron chi connectivity index (χ1n) is 13.1. The number of rotatable bonds is 10. The smallest absolute Gasteiger partial charge is 0.308 e. The summed E-state index contributed by atoms with van der Waals surface area (Å²) in [5, 5.41) is 12.3. The van der Waals surface area contributed by atoms with E-state index < -0.39 is 11.7 Å². The molecule has 9 atom stereocenters. The molecule has 0 radical (unpaired) electrons. The maximum atomic E-state index is 12.1. The van der Waals surface area contributed by atoms with E-state index in [9.17, 15) is 14.7 Å². The molecule has 0 aliphatic carbocycles. The lowest BCUT2D eigenvalue weighted by molar-refractivity contribution is -0.162. The van der Waals surface area contributed by atoms with Crippen LogP contribution < -0.4 is 5.32 Å². The minimum absolute atomic E-state index is 0.0460. The van der Waals surface area contributed by atoms with Crippen LogP contribution in [0.2, 0.25) is 0 Å². The number of hydrogen-bond acceptors (Lipinski definition) is 8. The standard InChI is InChI=1S/C28H43NO8/c1-17(7-10-23-18(2)13-22(20(4)36-23)29-25(31)12-9-19(3)30)8-11-24-27(34-6)28(16-35-28)15-21(37-24)14-26(32)33-5/h7-9,11-12,18-24,27,30H,10,13-16H2,1-6H3,(H,29,31)/b11-8+,12-9-,17-7+/t18-,19-,20+,21+,22+,23-,24+,27+,28+/m0/s1. The lowest BCUT2D eigenvalue weighted by atomic mass is 9.87. The molecule has 1 spiro atoms. The average molecular weight is 522 g/mol. The van der Waals surface area contributed by atoms with Gasteiger partial charge in [0.15, 0.2) is 0 Å². The van der Waals surface area contributed by atoms with Gasteiger partial charge in [-0.3, -0.25) is 9.59 Å². The van der Waals surface area contributed by atoms with Crippen LogP contribution in [0.25, 0.3) is 0 Å². The molecule has 3 fully saturated rings. The van der Waals surface area contributed by atoms with Crippen molar-refractivity contribution in [3.63, 3.8) is 0 Å². The largest absolute Gasteiger partial charge is 0.469 e. The van der Waals surface area contributed by atoms with Gasteiger partial charge in [-0.2, -0.15) is 0 Å². The van der Waals surface area contributed by atoms with Crippen LogP contribution in [-0.4, -0.2) is 86.1 Å². The van der Waals surface area contributed by atoms with Crippen molar-refractivity contribution in [1.82, 2.24) is 5.32 Å². The second-order valence-corrected chi connectivity index (χ2v) is 10.6. The van der Waals surface area contributed by atoms with E-state index in [1.807, 2.05) is 26.0 Å². The fourth-order valence-electron chi connectivity index (χ4n) is 5.19. The molecular weight excluding hydrogens is 478 g/mol. The number of aliphatic hydroxyl groups is 1. The van der Waals surface area contributed by atoms with Crippen molar-refractivity contribution in [3.05, 3.63) is 36.0 Å². The van der Waals surface area contributed by atoms with Crippen LogP contribution in [0.1, 0.15) is 53.4 Å². The zero-order valence-corrected chi connectivity index (χ0v) is 22.8. The van der Waals surface area contributed by atoms with E-state index >= 15 is 0 Å². The summed E-state index contributed by atoms with van der Waals surface area (Å²) in [6.45, 7) is 8.34. The Labute approximate surface area is 220 Å². The first-order valence-corrected chi connectivity index (χ1v) is 13.1. The summed E-state index contributed by atoms with van der Waals surface area (Å²) in [7, 11) is 3.03. The number of hydrogen-bond donors (Lipinski definition) is 2. The number of allylic oxidation sites excluding steroid dienone is 2. The Morgan fingerprint density at radius 2 is 1.95 bits per heavy atom. The predicted octanol–water partition coefficient (Wildman–Crippen LogP) is 2.62. The number of nitrogens with one attached hydrogen (secondary N) is 1. The summed E-state index contributed by atoms with van der Waals surface area (Å²) in [6.07, 6.45) is 9.74. The minimum Gasteiger partial charge on any atom is -0.469 e. The van der Waals surface area contributed by atoms with E-state index in [2.05, 4.69) is 18.3 Å². The van der Waals surface area contributed by atoms with Gasteiger partial charge in [-0.05, 0) is 39.5 Å². The van der Waals surface area contributed by atoms with Crippen LogP contribution in [0.4, 0.5) is 0 Å². The van der Waals surface area contributed by atoms with Crippen LogP contribution in [0.5, 0.6) is 0 Å². The molecule has 0 aromatic carbocycles. The molecule has 0 bridgehead atoms. The molecule has 3 aliphatic heterocycles. The molecular formula is C28H43NO8. The number of epoxide rings is 1. The molecule has 0 unspecified atom stereocenters. The Bertz CT molecular complexity index is 877. The summed E-state index contributed by atoms with van der Waals surface area (Å²) in [5.41, 5.74) is 0.666. The number of aliphatic hydroxyl groups excluding tert-OH is 1. The number of carbonyl (C=O) groups excluding carboxylic acids is 2. The number of carbonyl (C=O) groups is 2. The zero-order valence-electron chi connectivity index (χ0n) is 22.8. The first-order chi connectivity index (χ1) is 17.6. The van der Waals surface area contributed by atoms with Gasteiger partial charge in [-0.25, -0.2) is 0 Å². The SMILES string of the molecule is COC(=O)C[C@@H]1C[C@@]2(CO2)[C@H](OC)[C@@H](/C=C/C(C)=C/C[C@@H]2O[C@H](C)[C@H](NC(=O)/C=C\[C@H](C)O)C[C@@H]2C)O1. The molecule has 9 heteroatoms. The third-order valence-electron chi connectivity index (χ3n) is 7.42. The van der Waals surface area contributed by atoms with E-state index in [4.69, 9.17) is 23.7 Å². The number of esters is 1. The lowest BCUT2D eigenvalue weighted by Crippen LogP contribution is -2.51. The third kappa shape index (κ3) is 8.22. The summed E-state index contributed by atoms with van der Waals surface area (Å²) in [6, 6.07) is -0.0771. The third-order valence-corrected chi connectivity index (χ3v) is 7.42. The zero-order chi connectivity index (χ0) is 27.2. The van der Waals surface area contributed by atoms with Gasteiger partial charge in [0, 0.05) is 19.6 Å². The van der Waals surface area contributed by atoms with Crippen LogP contribution in [0.15, 0.2) is 36.0 Å². The topological polar surface area (TPSA) is 116 Å². The maximum absolute atomic E-state index is 12.1. The Morgan fingerprint density at radius 1 is 1.22 bits per heavy atom. The quantitative estimate of drug-likeness (QED) is 0.195. The maximum Gasteiger partial charge on any atom is 0.308 e. The fourth-order valence-corrected chi connectivity index (χ4v) is 5.19. The highest BCUT2D eigenvalue weighted by Gasteiger charge is 2.59. The summed E-state index contributed by atoms with van der Waals surface area (Å²) >= 11 is 0. The van der Waals surface area contributed by atoms with E-state index in [-0.39, 0.29) is 60.8 Å². The van der Waals surface area contributed by atoms with Crippen molar-refractivity contribution in [3.8, 4) is 0 Å². The monoisotopic (exact) mass is 521 g/mol. The van der Waals surface area contributed by atoms with Gasteiger partial charge < -0.3 is 34.1 Å². The summed E-state index contributed by atoms with van der Waals surface area (Å²) in [5.74, 6) is -0.260. The molecule has 1 amide bonds. The number of amides is 1. The second kappa shape index (κ2) is 13.2. The molecule has 3 aliphatic rings. The molecule has 3 heterocycles. The van der Waals surface area contributed by atoms with E-state index in [1.165, 1.54) is 19.3 Å². The van der Waals surface area contributed by atoms with Gasteiger partial charge in [0.2, 0.25) is 5.91 Å². The molecule has 0 saturated carbocycles. The molecule has 0 aromatic rings. The predicted molar refractivity (Wildman–Crippen MR) is 138 cm³/mol. The Morgan fingerprint density at radius 3 is 2.57 bits per heavy atom. The van der Waals surface area contributed by atoms with Crippen LogP contribution in [0.3, 0.4) is 0 Å². The normalized spacial score (nSPS) is 37.2. The minimum atomic E-state index is -0.660. The van der Waals surface area contributed by atoms with E-state index in [1.54, 1.807) is 14.0 Å². The van der Waals surface area contributed by atoms with Gasteiger partial charge in [0.1, 0.15) is 17.8 Å². The van der Waals surface area contributed by atoms with E-state index in [0.29, 0.717) is 13.0 Å². The molecule has 2 N–H and O–H groups in total. The van der Waals surface area contributed by atoms with Crippen molar-refractivity contribution < 1.29 is 38.4 Å². The van der Waals surface area contributed by atoms with Crippen LogP contribution >= 0.6 is 0 Å². The van der Waals surface area contributed by atoms with Crippen molar-refractivity contribution in [2.75, 3.05) is 20.8 Å². The molecule has 0 aromatic heterocycles. The van der Waals surface area contributed by atoms with E-state index in [0.717, 1.165) is 18.4 Å². The summed E-state index contributed by atoms with van der Waals surface area (Å²) < 4.78 is 28.8. The van der Waals surface area contributed by atoms with Gasteiger partial charge in [-0.15, -0.1) is 0 Å². The van der Waals surface area contributed by atoms with Gasteiger partial charge in [-0.1, -0.05) is 36.8 Å². The van der Waals surface area contributed by atoms with Gasteiger partial charge >= 0.3 is 5.97 Å². The van der Waals surface area contributed by atoms with Crippen LogP contribution in [-0.2, 0) is 33.3 Å². The van der Waals surface area contributed by atoms with Crippen LogP contribution in [0, 0.1) is 5.92 Å². The lowest BCUT2D eigenvalue weighted by Gasteiger charge is -2.39. The van der Waals surface area contributed by atoms with Crippen molar-refractivity contribution >= 4 is 11.9 Å². The Kier molecular flexibility index (Phi) is 10.5. The average Bonchev–Trinajstić information content (AvgIpc) is 3.61. The number of ether oxygens (including phenoxy) is 5. The van der Waals surface area contributed by atoms with Gasteiger partial charge in [0.25, 0.3) is 0 Å². The fraction of sp³-hybridized carbons (Fsp3) is 0.714. The molecule has 37 heavy (non-hydrogen) atoms. The second-order valence-electron chi connectivity index (χ2n) is 10.6. The van der Waals surface area contributed by atoms with Crippen molar-refractivity contribution in [2.24, 2.45) is 5.92 Å².